The van der Waals surface area contributed by atoms with Crippen LogP contribution in [0.2, 0.25) is 0 Å². The Balaban J connectivity index is 1.03. The number of phenols is 1. The van der Waals surface area contributed by atoms with E-state index in [1.54, 1.807) is 42.5 Å². The molecule has 342 valence electrons. The summed E-state index contributed by atoms with van der Waals surface area (Å²) in [5, 5.41) is 23.0. The van der Waals surface area contributed by atoms with Crippen LogP contribution in [0.5, 0.6) is 11.5 Å². The van der Waals surface area contributed by atoms with E-state index in [-0.39, 0.29) is 45.4 Å². The molecule has 0 spiro atoms. The first kappa shape index (κ1) is 44.8. The quantitative estimate of drug-likeness (QED) is 0.0822. The molecule has 0 aliphatic carbocycles. The number of nitrogens with two attached hydrogens (primary N) is 1. The Morgan fingerprint density at radius 1 is 0.908 bits per heavy atom. The number of carbonyl (C=O) groups is 2. The van der Waals surface area contributed by atoms with Gasteiger partial charge in [0.25, 0.3) is 5.91 Å². The van der Waals surface area contributed by atoms with E-state index in [0.29, 0.717) is 22.5 Å². The summed E-state index contributed by atoms with van der Waals surface area (Å²) < 4.78 is 103. The lowest BCUT2D eigenvalue weighted by atomic mass is 10.0. The third-order valence-electron chi connectivity index (χ3n) is 10.6. The van der Waals surface area contributed by atoms with Gasteiger partial charge in [0.1, 0.15) is 47.8 Å². The molecule has 6 N–H and O–H groups in total. The van der Waals surface area contributed by atoms with Gasteiger partial charge in [-0.3, -0.25) is 27.5 Å². The molecule has 0 saturated carbocycles. The summed E-state index contributed by atoms with van der Waals surface area (Å²) >= 11 is 0.570. The summed E-state index contributed by atoms with van der Waals surface area (Å²) in [4.78, 5) is 49.7. The molecule has 4 aliphatic heterocycles. The average molecular weight is 960 g/mol. The number of phosphoric acid groups is 1. The monoisotopic (exact) mass is 959 g/mol. The minimum atomic E-state index is -5.30. The summed E-state index contributed by atoms with van der Waals surface area (Å²) in [6.07, 6.45) is -13.5. The molecule has 5 aromatic rings. The molecular formula is C39H37F2N7O14P2S. The molecule has 3 saturated heterocycles. The second kappa shape index (κ2) is 18.1. The second-order valence-electron chi connectivity index (χ2n) is 14.8. The molecule has 6 heterocycles. The Hall–Kier alpha value is -5.36. The number of aliphatic hydroxyl groups excluding tert-OH is 1. The van der Waals surface area contributed by atoms with Crippen molar-refractivity contribution in [2.45, 2.75) is 61.3 Å². The Morgan fingerprint density at radius 3 is 2.38 bits per heavy atom. The van der Waals surface area contributed by atoms with Crippen molar-refractivity contribution >= 4 is 60.4 Å². The SMILES string of the molecule is Nc1ncnc2c1ncn2[C@@H]1O[C@@H]2COP(=O)(SCc3ccc(OC(=O)c4ccc(O)cc4)cc3)O[C@@H]3[C@H](F)[C@@H](COP(=O)(O)O[C@H]2[C@H]1F)O[C@H]3N1C=C(c2ccccc2)C(=O)NC1O. The highest BCUT2D eigenvalue weighted by atomic mass is 32.7. The number of hydrogen-bond donors (Lipinski definition) is 5. The van der Waals surface area contributed by atoms with Crippen LogP contribution in [0, 0.1) is 0 Å². The number of nitrogens with zero attached hydrogens (tertiary/aromatic N) is 5. The van der Waals surface area contributed by atoms with Crippen molar-refractivity contribution in [3.8, 4) is 11.5 Å². The van der Waals surface area contributed by atoms with E-state index < -0.39 is 95.3 Å². The number of fused-ring (bicyclic) bond motifs is 4. The van der Waals surface area contributed by atoms with Gasteiger partial charge in [-0.25, -0.2) is 37.7 Å². The topological polar surface area (TPSA) is 278 Å². The summed E-state index contributed by atoms with van der Waals surface area (Å²) in [6.45, 7) is -6.59. The number of anilines is 1. The zero-order chi connectivity index (χ0) is 45.6. The third-order valence-corrected chi connectivity index (χ3v) is 15.2. The van der Waals surface area contributed by atoms with Crippen LogP contribution < -0.4 is 15.8 Å². The van der Waals surface area contributed by atoms with Gasteiger partial charge in [0.05, 0.1) is 30.7 Å². The van der Waals surface area contributed by atoms with Crippen molar-refractivity contribution in [1.29, 1.82) is 0 Å². The van der Waals surface area contributed by atoms with E-state index in [1.165, 1.54) is 42.6 Å². The van der Waals surface area contributed by atoms with Crippen molar-refractivity contribution < 1.29 is 74.9 Å². The van der Waals surface area contributed by atoms with E-state index in [1.807, 2.05) is 0 Å². The number of halogens is 2. The molecule has 3 aromatic carbocycles. The van der Waals surface area contributed by atoms with Crippen molar-refractivity contribution in [2.75, 3.05) is 18.9 Å². The molecule has 9 rings (SSSR count). The number of benzene rings is 3. The molecule has 3 unspecified atom stereocenters. The van der Waals surface area contributed by atoms with Gasteiger partial charge in [-0.2, -0.15) is 0 Å². The maximum absolute atomic E-state index is 16.7. The number of ether oxygens (including phenoxy) is 3. The lowest BCUT2D eigenvalue weighted by Crippen LogP contribution is -2.56. The molecule has 26 heteroatoms. The number of amides is 1. The molecular weight excluding hydrogens is 922 g/mol. The summed E-state index contributed by atoms with van der Waals surface area (Å²) in [6, 6.07) is 19.7. The number of phosphoric ester groups is 1. The van der Waals surface area contributed by atoms with Crippen LogP contribution >= 0.6 is 26.0 Å². The van der Waals surface area contributed by atoms with Crippen LogP contribution in [-0.4, -0.2) is 114 Å². The predicted octanol–water partition coefficient (Wildman–Crippen LogP) is 4.34. The first-order valence-electron chi connectivity index (χ1n) is 19.5. The lowest BCUT2D eigenvalue weighted by Gasteiger charge is -2.38. The van der Waals surface area contributed by atoms with Crippen LogP contribution in [-0.2, 0) is 47.2 Å². The number of phenolic OH excluding ortho intramolecular Hbond substituents is 1. The second-order valence-corrected chi connectivity index (χ2v) is 20.2. The van der Waals surface area contributed by atoms with Crippen molar-refractivity contribution in [3.05, 3.63) is 114 Å². The van der Waals surface area contributed by atoms with Gasteiger partial charge in [-0.05, 0) is 58.9 Å². The molecule has 11 atom stereocenters. The summed E-state index contributed by atoms with van der Waals surface area (Å²) in [7, 11) is -5.30. The van der Waals surface area contributed by atoms with Crippen LogP contribution in [0.1, 0.15) is 27.7 Å². The number of aliphatic hydroxyl groups is 1. The summed E-state index contributed by atoms with van der Waals surface area (Å²) in [5.74, 6) is -1.45. The number of alkyl halides is 2. The molecule has 2 aromatic heterocycles. The predicted molar refractivity (Wildman–Crippen MR) is 222 cm³/mol. The van der Waals surface area contributed by atoms with Gasteiger partial charge < -0.3 is 45.3 Å². The zero-order valence-electron chi connectivity index (χ0n) is 33.3. The third kappa shape index (κ3) is 9.38. The van der Waals surface area contributed by atoms with Crippen molar-refractivity contribution in [3.63, 3.8) is 0 Å². The first-order chi connectivity index (χ1) is 31.1. The Kier molecular flexibility index (Phi) is 12.5. The van der Waals surface area contributed by atoms with Gasteiger partial charge >= 0.3 is 20.6 Å². The molecule has 0 radical (unpaired) electrons. The fraction of sp³-hybridized carbons (Fsp3) is 0.308. The molecule has 65 heavy (non-hydrogen) atoms. The highest BCUT2D eigenvalue weighted by molar-refractivity contribution is 8.54. The maximum atomic E-state index is 16.7. The molecule has 21 nitrogen and oxygen atoms in total. The number of aromatic hydroxyl groups is 1. The number of imidazole rings is 1. The molecule has 3 fully saturated rings. The molecule has 1 amide bonds. The number of esters is 1. The number of nitrogens with one attached hydrogen (secondary N) is 1. The lowest BCUT2D eigenvalue weighted by molar-refractivity contribution is -0.150. The number of carbonyl (C=O) groups excluding carboxylic acids is 2. The number of aromatic nitrogens is 4. The van der Waals surface area contributed by atoms with Gasteiger partial charge in [-0.1, -0.05) is 42.5 Å². The normalized spacial score (nSPS) is 31.8. The van der Waals surface area contributed by atoms with E-state index in [9.17, 15) is 29.3 Å². The largest absolute Gasteiger partial charge is 0.508 e. The van der Waals surface area contributed by atoms with E-state index in [2.05, 4.69) is 20.3 Å². The standard InChI is InChI=1S/C39H37F2N7O14P2S/c40-28-26-15-56-63(53,54)61-31-27(60-36(29(31)41)48-19-45-30-33(42)43-18-44-34(30)48)16-57-64(55,65-17-20-6-12-24(13-7-20)58-38(51)22-8-10-23(49)11-9-22)62-32(28)37(59-26)47-14-25(35(50)46-39(47)52)21-4-2-1-3-5-21/h1-14,18-19,26-29,31-32,36-37,39,49,52H,15-17H2,(H,46,50)(H,53,54)(H2,42,43,44)/t26-,27-,28-,29-,31-,32-,36-,37-,39?,64?/m1/s1. The van der Waals surface area contributed by atoms with E-state index in [4.69, 9.17) is 38.0 Å². The Morgan fingerprint density at radius 2 is 1.63 bits per heavy atom. The van der Waals surface area contributed by atoms with Gasteiger partial charge in [-0.15, -0.1) is 0 Å². The van der Waals surface area contributed by atoms with Gasteiger partial charge in [0, 0.05) is 12.0 Å². The molecule has 2 bridgehead atoms. The highest BCUT2D eigenvalue weighted by Crippen LogP contribution is 2.64. The summed E-state index contributed by atoms with van der Waals surface area (Å²) in [5.41, 5.74) is 7.17. The first-order valence-corrected chi connectivity index (χ1v) is 24.2. The zero-order valence-corrected chi connectivity index (χ0v) is 35.9. The minimum absolute atomic E-state index is 0.0232. The fourth-order valence-corrected chi connectivity index (χ4v) is 11.6. The Labute approximate surface area is 370 Å². The van der Waals surface area contributed by atoms with Gasteiger partial charge in [0.15, 0.2) is 36.3 Å². The van der Waals surface area contributed by atoms with Crippen molar-refractivity contribution in [2.24, 2.45) is 0 Å². The van der Waals surface area contributed by atoms with Crippen LogP contribution in [0.25, 0.3) is 16.7 Å². The van der Waals surface area contributed by atoms with Gasteiger partial charge in [0.2, 0.25) is 6.35 Å². The van der Waals surface area contributed by atoms with E-state index in [0.717, 1.165) is 22.1 Å². The van der Waals surface area contributed by atoms with Crippen LogP contribution in [0.15, 0.2) is 97.7 Å². The number of nitrogen functional groups attached to an aromatic ring is 1. The maximum Gasteiger partial charge on any atom is 0.472 e. The van der Waals surface area contributed by atoms with Crippen LogP contribution in [0.3, 0.4) is 0 Å². The van der Waals surface area contributed by atoms with E-state index >= 15 is 13.3 Å². The fourth-order valence-electron chi connectivity index (χ4n) is 7.33. The number of rotatable bonds is 8. The van der Waals surface area contributed by atoms with Crippen LogP contribution in [0.4, 0.5) is 14.6 Å². The number of hydrogen-bond acceptors (Lipinski definition) is 19. The minimum Gasteiger partial charge on any atom is -0.508 e. The smallest absolute Gasteiger partial charge is 0.472 e. The van der Waals surface area contributed by atoms with Crippen molar-refractivity contribution in [1.82, 2.24) is 29.7 Å². The Bertz CT molecular complexity index is 2710. The highest BCUT2D eigenvalue weighted by Gasteiger charge is 2.56. The molecule has 4 aliphatic rings. The average Bonchev–Trinajstić information content (AvgIpc) is 3.95.